The van der Waals surface area contributed by atoms with Gasteiger partial charge in [0.25, 0.3) is 0 Å². The van der Waals surface area contributed by atoms with Crippen molar-refractivity contribution in [2.75, 3.05) is 44.7 Å². The van der Waals surface area contributed by atoms with E-state index in [0.717, 1.165) is 56.3 Å². The first-order chi connectivity index (χ1) is 14.7. The third-order valence-electron chi connectivity index (χ3n) is 5.96. The average Bonchev–Trinajstić information content (AvgIpc) is 3.25. The molecule has 1 saturated carbocycles. The van der Waals surface area contributed by atoms with Crippen molar-refractivity contribution in [1.82, 2.24) is 16.0 Å². The van der Waals surface area contributed by atoms with E-state index in [0.29, 0.717) is 19.1 Å². The molecule has 1 aromatic carbocycles. The first-order valence-electron chi connectivity index (χ1n) is 11.4. The zero-order chi connectivity index (χ0) is 21.2. The number of para-hydroxylation sites is 2. The molecule has 0 bridgehead atoms. The summed E-state index contributed by atoms with van der Waals surface area (Å²) in [5.41, 5.74) is 1.14. The summed E-state index contributed by atoms with van der Waals surface area (Å²) in [7, 11) is 1.72. The van der Waals surface area contributed by atoms with Crippen LogP contribution in [-0.2, 0) is 4.79 Å². The highest BCUT2D eigenvalue weighted by molar-refractivity contribution is 5.80. The van der Waals surface area contributed by atoms with Crippen LogP contribution >= 0.6 is 0 Å². The number of carbonyl (C=O) groups excluding carboxylic acids is 1. The molecule has 0 spiro atoms. The molecule has 7 heteroatoms. The SMILES string of the molecule is CCNC(=NCCNC(=O)C1CCCCC1)NC1CCN(c2ccccc2OC)C1. The molecule has 3 rings (SSSR count). The van der Waals surface area contributed by atoms with E-state index in [1.165, 1.54) is 19.3 Å². The van der Waals surface area contributed by atoms with Gasteiger partial charge in [-0.15, -0.1) is 0 Å². The Morgan fingerprint density at radius 1 is 1.17 bits per heavy atom. The van der Waals surface area contributed by atoms with Crippen LogP contribution in [0.4, 0.5) is 5.69 Å². The zero-order valence-electron chi connectivity index (χ0n) is 18.5. The lowest BCUT2D eigenvalue weighted by atomic mass is 9.89. The summed E-state index contributed by atoms with van der Waals surface area (Å²) in [5, 5.41) is 9.93. The van der Waals surface area contributed by atoms with Crippen LogP contribution in [0.25, 0.3) is 0 Å². The number of aliphatic imine (C=N–C) groups is 1. The molecular formula is C23H37N5O2. The lowest BCUT2D eigenvalue weighted by Gasteiger charge is -2.22. The van der Waals surface area contributed by atoms with Gasteiger partial charge in [0.15, 0.2) is 5.96 Å². The second kappa shape index (κ2) is 11.7. The molecule has 1 aliphatic heterocycles. The number of benzene rings is 1. The van der Waals surface area contributed by atoms with Crippen molar-refractivity contribution in [3.05, 3.63) is 24.3 Å². The largest absolute Gasteiger partial charge is 0.495 e. The first-order valence-corrected chi connectivity index (χ1v) is 11.4. The summed E-state index contributed by atoms with van der Waals surface area (Å²) < 4.78 is 5.51. The number of rotatable bonds is 8. The molecule has 1 atom stereocenters. The molecule has 2 aliphatic rings. The van der Waals surface area contributed by atoms with Crippen LogP contribution in [0, 0.1) is 5.92 Å². The van der Waals surface area contributed by atoms with Crippen LogP contribution in [-0.4, -0.2) is 57.7 Å². The molecule has 0 radical (unpaired) electrons. The number of guanidine groups is 1. The van der Waals surface area contributed by atoms with Crippen LogP contribution < -0.4 is 25.6 Å². The van der Waals surface area contributed by atoms with Gasteiger partial charge >= 0.3 is 0 Å². The highest BCUT2D eigenvalue weighted by Gasteiger charge is 2.25. The topological polar surface area (TPSA) is 78.0 Å². The molecule has 3 N–H and O–H groups in total. The van der Waals surface area contributed by atoms with Crippen LogP contribution in [0.1, 0.15) is 45.4 Å². The molecule has 1 heterocycles. The van der Waals surface area contributed by atoms with Crippen molar-refractivity contribution < 1.29 is 9.53 Å². The minimum absolute atomic E-state index is 0.200. The average molecular weight is 416 g/mol. The Morgan fingerprint density at radius 3 is 2.73 bits per heavy atom. The maximum atomic E-state index is 12.3. The minimum atomic E-state index is 0.200. The third kappa shape index (κ3) is 6.28. The number of ether oxygens (including phenoxy) is 1. The standard InChI is InChI=1S/C23H37N5O2/c1-3-24-23(26-15-14-25-22(29)18-9-5-4-6-10-18)27-19-13-16-28(17-19)20-11-7-8-12-21(20)30-2/h7-8,11-12,18-19H,3-6,9-10,13-17H2,1-2H3,(H,25,29)(H2,24,26,27). The first kappa shape index (κ1) is 22.2. The predicted molar refractivity (Wildman–Crippen MR) is 122 cm³/mol. The number of nitrogens with one attached hydrogen (secondary N) is 3. The zero-order valence-corrected chi connectivity index (χ0v) is 18.5. The van der Waals surface area contributed by atoms with Gasteiger partial charge in [-0.2, -0.15) is 0 Å². The van der Waals surface area contributed by atoms with Gasteiger partial charge in [-0.1, -0.05) is 31.4 Å². The summed E-state index contributed by atoms with van der Waals surface area (Å²) in [4.78, 5) is 19.3. The van der Waals surface area contributed by atoms with Crippen molar-refractivity contribution >= 4 is 17.6 Å². The monoisotopic (exact) mass is 415 g/mol. The summed E-state index contributed by atoms with van der Waals surface area (Å²) in [6.07, 6.45) is 6.73. The number of methoxy groups -OCH3 is 1. The highest BCUT2D eigenvalue weighted by atomic mass is 16.5. The van der Waals surface area contributed by atoms with E-state index in [2.05, 4.69) is 38.8 Å². The number of carbonyl (C=O) groups is 1. The second-order valence-electron chi connectivity index (χ2n) is 8.13. The van der Waals surface area contributed by atoms with Crippen LogP contribution in [0.2, 0.25) is 0 Å². The number of hydrogen-bond donors (Lipinski definition) is 3. The molecule has 1 amide bonds. The molecule has 1 unspecified atom stereocenters. The highest BCUT2D eigenvalue weighted by Crippen LogP contribution is 2.30. The third-order valence-corrected chi connectivity index (χ3v) is 5.96. The number of nitrogens with zero attached hydrogens (tertiary/aromatic N) is 2. The van der Waals surface area contributed by atoms with E-state index in [1.807, 2.05) is 18.2 Å². The minimum Gasteiger partial charge on any atom is -0.495 e. The Hall–Kier alpha value is -2.44. The maximum Gasteiger partial charge on any atom is 0.223 e. The van der Waals surface area contributed by atoms with Gasteiger partial charge in [-0.25, -0.2) is 0 Å². The Bertz CT molecular complexity index is 703. The summed E-state index contributed by atoms with van der Waals surface area (Å²) in [6.45, 7) is 5.93. The van der Waals surface area contributed by atoms with Crippen molar-refractivity contribution in [2.45, 2.75) is 51.5 Å². The number of amides is 1. The Morgan fingerprint density at radius 2 is 1.97 bits per heavy atom. The summed E-state index contributed by atoms with van der Waals surface area (Å²) >= 11 is 0. The van der Waals surface area contributed by atoms with Crippen LogP contribution in [0.15, 0.2) is 29.3 Å². The van der Waals surface area contributed by atoms with Gasteiger partial charge in [0.1, 0.15) is 5.75 Å². The van der Waals surface area contributed by atoms with E-state index in [4.69, 9.17) is 4.74 Å². The van der Waals surface area contributed by atoms with Gasteiger partial charge in [0, 0.05) is 38.1 Å². The van der Waals surface area contributed by atoms with E-state index in [1.54, 1.807) is 7.11 Å². The second-order valence-corrected chi connectivity index (χ2v) is 8.13. The van der Waals surface area contributed by atoms with Crippen LogP contribution in [0.3, 0.4) is 0 Å². The van der Waals surface area contributed by atoms with E-state index < -0.39 is 0 Å². The van der Waals surface area contributed by atoms with Gasteiger partial charge in [-0.05, 0) is 38.3 Å². The summed E-state index contributed by atoms with van der Waals surface area (Å²) in [6, 6.07) is 8.48. The van der Waals surface area contributed by atoms with Crippen LogP contribution in [0.5, 0.6) is 5.75 Å². The predicted octanol–water partition coefficient (Wildman–Crippen LogP) is 2.53. The Kier molecular flexibility index (Phi) is 8.66. The Balaban J connectivity index is 1.46. The van der Waals surface area contributed by atoms with Gasteiger partial charge < -0.3 is 25.6 Å². The lowest BCUT2D eigenvalue weighted by molar-refractivity contribution is -0.125. The molecule has 1 saturated heterocycles. The molecule has 166 valence electrons. The van der Waals surface area contributed by atoms with Crippen molar-refractivity contribution in [3.8, 4) is 5.75 Å². The lowest BCUT2D eigenvalue weighted by Crippen LogP contribution is -2.45. The van der Waals surface area contributed by atoms with E-state index in [-0.39, 0.29) is 11.8 Å². The Labute approximate surface area is 180 Å². The van der Waals surface area contributed by atoms with Gasteiger partial charge in [0.2, 0.25) is 5.91 Å². The maximum absolute atomic E-state index is 12.3. The van der Waals surface area contributed by atoms with Crippen molar-refractivity contribution in [2.24, 2.45) is 10.9 Å². The van der Waals surface area contributed by atoms with Gasteiger partial charge in [-0.3, -0.25) is 9.79 Å². The number of anilines is 1. The molecule has 2 fully saturated rings. The molecule has 1 aliphatic carbocycles. The molecule has 30 heavy (non-hydrogen) atoms. The van der Waals surface area contributed by atoms with E-state index >= 15 is 0 Å². The summed E-state index contributed by atoms with van der Waals surface area (Å²) in [5.74, 6) is 2.13. The van der Waals surface area contributed by atoms with E-state index in [9.17, 15) is 4.79 Å². The van der Waals surface area contributed by atoms with Crippen molar-refractivity contribution in [1.29, 1.82) is 0 Å². The fraction of sp³-hybridized carbons (Fsp3) is 0.652. The fourth-order valence-corrected chi connectivity index (χ4v) is 4.36. The van der Waals surface area contributed by atoms with Crippen molar-refractivity contribution in [3.63, 3.8) is 0 Å². The fourth-order valence-electron chi connectivity index (χ4n) is 4.36. The van der Waals surface area contributed by atoms with Gasteiger partial charge in [0.05, 0.1) is 19.3 Å². The quantitative estimate of drug-likeness (QED) is 0.345. The molecule has 7 nitrogen and oxygen atoms in total. The molecule has 0 aromatic heterocycles. The smallest absolute Gasteiger partial charge is 0.223 e. The molecule has 1 aromatic rings. The number of hydrogen-bond acceptors (Lipinski definition) is 4. The molecular weight excluding hydrogens is 378 g/mol. The normalized spacial score (nSPS) is 20.1.